The van der Waals surface area contributed by atoms with Crippen LogP contribution < -0.4 is 5.32 Å². The van der Waals surface area contributed by atoms with Crippen molar-refractivity contribution in [2.45, 2.75) is 6.54 Å². The number of amides is 1. The molecule has 3 aromatic rings. The van der Waals surface area contributed by atoms with Crippen LogP contribution in [0.5, 0.6) is 0 Å². The van der Waals surface area contributed by atoms with Crippen molar-refractivity contribution in [1.29, 1.82) is 0 Å². The molecule has 0 saturated carbocycles. The predicted molar refractivity (Wildman–Crippen MR) is 110 cm³/mol. The van der Waals surface area contributed by atoms with Gasteiger partial charge in [-0.15, -0.1) is 0 Å². The number of ether oxygens (including phenoxy) is 1. The minimum atomic E-state index is -0.556. The second-order valence-corrected chi connectivity index (χ2v) is 6.88. The van der Waals surface area contributed by atoms with E-state index in [4.69, 9.17) is 27.9 Å². The highest BCUT2D eigenvalue weighted by Gasteiger charge is 2.11. The molecular formula is C22H17Cl2NO3. The Bertz CT molecular complexity index is 973. The van der Waals surface area contributed by atoms with Gasteiger partial charge in [0.15, 0.2) is 6.61 Å². The molecule has 0 heterocycles. The van der Waals surface area contributed by atoms with Crippen molar-refractivity contribution < 1.29 is 14.3 Å². The number of hydrogen-bond donors (Lipinski definition) is 1. The van der Waals surface area contributed by atoms with Crippen LogP contribution in [0.1, 0.15) is 15.9 Å². The third-order valence-electron chi connectivity index (χ3n) is 4.05. The zero-order valence-corrected chi connectivity index (χ0v) is 16.3. The van der Waals surface area contributed by atoms with E-state index in [9.17, 15) is 9.59 Å². The van der Waals surface area contributed by atoms with E-state index in [0.29, 0.717) is 15.6 Å². The molecule has 0 aliphatic rings. The van der Waals surface area contributed by atoms with Crippen molar-refractivity contribution in [1.82, 2.24) is 5.32 Å². The molecule has 6 heteroatoms. The molecule has 0 unspecified atom stereocenters. The molecule has 1 N–H and O–H groups in total. The van der Waals surface area contributed by atoms with E-state index in [1.807, 2.05) is 42.5 Å². The largest absolute Gasteiger partial charge is 0.452 e. The summed E-state index contributed by atoms with van der Waals surface area (Å²) in [5.41, 5.74) is 3.16. The van der Waals surface area contributed by atoms with Gasteiger partial charge in [0.05, 0.1) is 5.56 Å². The normalized spacial score (nSPS) is 10.4. The molecule has 0 aromatic heterocycles. The molecule has 0 bridgehead atoms. The first-order valence-electron chi connectivity index (χ1n) is 8.56. The first-order chi connectivity index (χ1) is 13.5. The number of esters is 1. The van der Waals surface area contributed by atoms with Gasteiger partial charge in [0.2, 0.25) is 0 Å². The minimum Gasteiger partial charge on any atom is -0.452 e. The third kappa shape index (κ3) is 5.35. The Kier molecular flexibility index (Phi) is 6.69. The van der Waals surface area contributed by atoms with Gasteiger partial charge in [0.1, 0.15) is 0 Å². The average Bonchev–Trinajstić information content (AvgIpc) is 2.72. The second-order valence-electron chi connectivity index (χ2n) is 6.03. The molecule has 0 atom stereocenters. The van der Waals surface area contributed by atoms with E-state index in [0.717, 1.165) is 16.7 Å². The Balaban J connectivity index is 1.50. The Morgan fingerprint density at radius 3 is 2.21 bits per heavy atom. The summed E-state index contributed by atoms with van der Waals surface area (Å²) in [5, 5.41) is 3.64. The number of nitrogens with one attached hydrogen (secondary N) is 1. The van der Waals surface area contributed by atoms with Crippen LogP contribution in [-0.4, -0.2) is 18.5 Å². The molecule has 0 aliphatic carbocycles. The summed E-state index contributed by atoms with van der Waals surface area (Å²) in [5.74, 6) is -0.973. The lowest BCUT2D eigenvalue weighted by molar-refractivity contribution is -0.124. The number of rotatable bonds is 6. The highest BCUT2D eigenvalue weighted by atomic mass is 35.5. The average molecular weight is 414 g/mol. The van der Waals surface area contributed by atoms with Crippen LogP contribution in [0.25, 0.3) is 11.1 Å². The predicted octanol–water partition coefficient (Wildman–Crippen LogP) is 5.13. The summed E-state index contributed by atoms with van der Waals surface area (Å²) in [7, 11) is 0. The number of carbonyl (C=O) groups is 2. The Hall–Kier alpha value is -2.82. The fourth-order valence-electron chi connectivity index (χ4n) is 2.55. The van der Waals surface area contributed by atoms with E-state index in [2.05, 4.69) is 5.32 Å². The first kappa shape index (κ1) is 19.9. The van der Waals surface area contributed by atoms with Gasteiger partial charge in [0, 0.05) is 16.6 Å². The SMILES string of the molecule is O=C(COC(=O)c1ccc(-c2ccccc2)cc1)NCc1ccc(Cl)cc1Cl. The van der Waals surface area contributed by atoms with E-state index in [1.165, 1.54) is 0 Å². The van der Waals surface area contributed by atoms with Gasteiger partial charge in [-0.25, -0.2) is 4.79 Å². The van der Waals surface area contributed by atoms with Gasteiger partial charge in [-0.1, -0.05) is 71.7 Å². The molecule has 0 radical (unpaired) electrons. The van der Waals surface area contributed by atoms with Gasteiger partial charge in [-0.2, -0.15) is 0 Å². The van der Waals surface area contributed by atoms with Crippen LogP contribution in [-0.2, 0) is 16.1 Å². The van der Waals surface area contributed by atoms with Crippen LogP contribution in [0.3, 0.4) is 0 Å². The quantitative estimate of drug-likeness (QED) is 0.569. The van der Waals surface area contributed by atoms with Gasteiger partial charge in [-0.05, 0) is 41.0 Å². The Morgan fingerprint density at radius 1 is 0.857 bits per heavy atom. The Morgan fingerprint density at radius 2 is 1.54 bits per heavy atom. The minimum absolute atomic E-state index is 0.220. The molecule has 3 aromatic carbocycles. The maximum atomic E-state index is 12.1. The summed E-state index contributed by atoms with van der Waals surface area (Å²) in [6.07, 6.45) is 0. The summed E-state index contributed by atoms with van der Waals surface area (Å²) in [4.78, 5) is 24.0. The third-order valence-corrected chi connectivity index (χ3v) is 4.64. The smallest absolute Gasteiger partial charge is 0.338 e. The highest BCUT2D eigenvalue weighted by Crippen LogP contribution is 2.21. The van der Waals surface area contributed by atoms with E-state index < -0.39 is 11.9 Å². The first-order valence-corrected chi connectivity index (χ1v) is 9.32. The number of carbonyl (C=O) groups excluding carboxylic acids is 2. The van der Waals surface area contributed by atoms with Crippen LogP contribution in [0.15, 0.2) is 72.8 Å². The van der Waals surface area contributed by atoms with E-state index in [1.54, 1.807) is 30.3 Å². The lowest BCUT2D eigenvalue weighted by atomic mass is 10.0. The summed E-state index contributed by atoms with van der Waals surface area (Å²) >= 11 is 11.9. The lowest BCUT2D eigenvalue weighted by Gasteiger charge is -2.08. The van der Waals surface area contributed by atoms with Gasteiger partial charge < -0.3 is 10.1 Å². The van der Waals surface area contributed by atoms with E-state index >= 15 is 0 Å². The van der Waals surface area contributed by atoms with Crippen molar-refractivity contribution in [3.05, 3.63) is 94.0 Å². The molecular weight excluding hydrogens is 397 g/mol. The van der Waals surface area contributed by atoms with E-state index in [-0.39, 0.29) is 13.2 Å². The van der Waals surface area contributed by atoms with Gasteiger partial charge in [0.25, 0.3) is 5.91 Å². The molecule has 28 heavy (non-hydrogen) atoms. The molecule has 0 saturated heterocycles. The summed E-state index contributed by atoms with van der Waals surface area (Å²) in [6.45, 7) is -0.150. The highest BCUT2D eigenvalue weighted by molar-refractivity contribution is 6.35. The van der Waals surface area contributed by atoms with Crippen molar-refractivity contribution in [2.75, 3.05) is 6.61 Å². The molecule has 0 aliphatic heterocycles. The summed E-state index contributed by atoms with van der Waals surface area (Å²) < 4.78 is 5.07. The van der Waals surface area contributed by atoms with Crippen molar-refractivity contribution in [3.8, 4) is 11.1 Å². The van der Waals surface area contributed by atoms with Gasteiger partial charge in [-0.3, -0.25) is 4.79 Å². The monoisotopic (exact) mass is 413 g/mol. The van der Waals surface area contributed by atoms with Crippen LogP contribution >= 0.6 is 23.2 Å². The zero-order valence-electron chi connectivity index (χ0n) is 14.8. The molecule has 0 spiro atoms. The number of halogens is 2. The van der Waals surface area contributed by atoms with Crippen LogP contribution in [0.2, 0.25) is 10.0 Å². The maximum absolute atomic E-state index is 12.1. The van der Waals surface area contributed by atoms with Crippen LogP contribution in [0, 0.1) is 0 Å². The standard InChI is InChI=1S/C22H17Cl2NO3/c23-19-11-10-18(20(24)12-19)13-25-21(26)14-28-22(27)17-8-6-16(7-9-17)15-4-2-1-3-5-15/h1-12H,13-14H2,(H,25,26). The van der Waals surface area contributed by atoms with Gasteiger partial charge >= 0.3 is 5.97 Å². The number of hydrogen-bond acceptors (Lipinski definition) is 3. The van der Waals surface area contributed by atoms with Crippen molar-refractivity contribution in [2.24, 2.45) is 0 Å². The lowest BCUT2D eigenvalue weighted by Crippen LogP contribution is -2.28. The van der Waals surface area contributed by atoms with Crippen molar-refractivity contribution >= 4 is 35.1 Å². The molecule has 1 amide bonds. The van der Waals surface area contributed by atoms with Crippen molar-refractivity contribution in [3.63, 3.8) is 0 Å². The fraction of sp³-hybridized carbons (Fsp3) is 0.0909. The molecule has 142 valence electrons. The topological polar surface area (TPSA) is 55.4 Å². The Labute approximate surface area is 173 Å². The zero-order chi connectivity index (χ0) is 19.9. The fourth-order valence-corrected chi connectivity index (χ4v) is 3.03. The number of benzene rings is 3. The van der Waals surface area contributed by atoms with Crippen LogP contribution in [0.4, 0.5) is 0 Å². The maximum Gasteiger partial charge on any atom is 0.338 e. The molecule has 0 fully saturated rings. The second kappa shape index (κ2) is 9.40. The summed E-state index contributed by atoms with van der Waals surface area (Å²) in [6, 6.07) is 21.9. The molecule has 3 rings (SSSR count). The molecule has 4 nitrogen and oxygen atoms in total.